The molecule has 7 heteroatoms. The molecule has 0 aliphatic rings. The third-order valence-corrected chi connectivity index (χ3v) is 1.34. The van der Waals surface area contributed by atoms with Crippen LogP contribution in [0.3, 0.4) is 0 Å². The Balaban J connectivity index is 3.90. The van der Waals surface area contributed by atoms with Gasteiger partial charge in [0.25, 0.3) is 0 Å². The van der Waals surface area contributed by atoms with E-state index in [4.69, 9.17) is 15.7 Å². The fourth-order valence-corrected chi connectivity index (χ4v) is 0.740. The zero-order valence-corrected chi connectivity index (χ0v) is 6.75. The molecule has 0 heterocycles. The van der Waals surface area contributed by atoms with E-state index in [9.17, 15) is 9.59 Å². The lowest BCUT2D eigenvalue weighted by atomic mass is 10.1. The SMILES string of the molecule is [N-]=[N+]=NC(CCCC(=O)O)C(=O)O. The molecule has 0 fully saturated rings. The Hall–Kier alpha value is -1.75. The van der Waals surface area contributed by atoms with Gasteiger partial charge in [0.05, 0.1) is 0 Å². The molecule has 0 aromatic carbocycles. The van der Waals surface area contributed by atoms with E-state index in [1.807, 2.05) is 0 Å². The molecule has 1 atom stereocenters. The minimum absolute atomic E-state index is 0.0473. The highest BCUT2D eigenvalue weighted by molar-refractivity contribution is 5.73. The molecule has 0 amide bonds. The van der Waals surface area contributed by atoms with Crippen LogP contribution in [0.1, 0.15) is 19.3 Å². The molecule has 0 saturated carbocycles. The molecular formula is C6H9N3O4. The van der Waals surface area contributed by atoms with E-state index in [2.05, 4.69) is 10.0 Å². The van der Waals surface area contributed by atoms with Crippen molar-refractivity contribution in [3.8, 4) is 0 Å². The molecule has 1 unspecified atom stereocenters. The Morgan fingerprint density at radius 3 is 2.46 bits per heavy atom. The molecule has 13 heavy (non-hydrogen) atoms. The lowest BCUT2D eigenvalue weighted by molar-refractivity contribution is -0.140. The van der Waals surface area contributed by atoms with E-state index in [0.717, 1.165) is 0 Å². The Labute approximate surface area is 73.6 Å². The second-order valence-corrected chi connectivity index (χ2v) is 2.34. The van der Waals surface area contributed by atoms with Crippen molar-refractivity contribution in [1.82, 2.24) is 0 Å². The van der Waals surface area contributed by atoms with Gasteiger partial charge in [-0.3, -0.25) is 9.59 Å². The maximum Gasteiger partial charge on any atom is 0.312 e. The van der Waals surface area contributed by atoms with Crippen LogP contribution in [0.15, 0.2) is 5.11 Å². The smallest absolute Gasteiger partial charge is 0.312 e. The highest BCUT2D eigenvalue weighted by atomic mass is 16.4. The summed E-state index contributed by atoms with van der Waals surface area (Å²) in [6.07, 6.45) is 0.113. The van der Waals surface area contributed by atoms with Crippen molar-refractivity contribution in [1.29, 1.82) is 0 Å². The van der Waals surface area contributed by atoms with E-state index in [1.54, 1.807) is 0 Å². The topological polar surface area (TPSA) is 123 Å². The van der Waals surface area contributed by atoms with Crippen LogP contribution in [0.4, 0.5) is 0 Å². The van der Waals surface area contributed by atoms with E-state index >= 15 is 0 Å². The molecule has 72 valence electrons. The fourth-order valence-electron chi connectivity index (χ4n) is 0.740. The summed E-state index contributed by atoms with van der Waals surface area (Å²) in [6, 6.07) is -1.16. The molecular weight excluding hydrogens is 178 g/mol. The summed E-state index contributed by atoms with van der Waals surface area (Å²) in [6.45, 7) is 0. The van der Waals surface area contributed by atoms with E-state index in [1.165, 1.54) is 0 Å². The quantitative estimate of drug-likeness (QED) is 0.365. The van der Waals surface area contributed by atoms with Crippen LogP contribution < -0.4 is 0 Å². The van der Waals surface area contributed by atoms with E-state index in [-0.39, 0.29) is 19.3 Å². The van der Waals surface area contributed by atoms with Gasteiger partial charge in [0.15, 0.2) is 0 Å². The van der Waals surface area contributed by atoms with Crippen molar-refractivity contribution >= 4 is 11.9 Å². The molecule has 0 aromatic rings. The third-order valence-electron chi connectivity index (χ3n) is 1.34. The maximum atomic E-state index is 10.4. The van der Waals surface area contributed by atoms with Gasteiger partial charge in [-0.15, -0.1) is 0 Å². The Morgan fingerprint density at radius 2 is 2.08 bits per heavy atom. The summed E-state index contributed by atoms with van der Waals surface area (Å²) in [4.78, 5) is 22.8. The average Bonchev–Trinajstić information content (AvgIpc) is 2.02. The summed E-state index contributed by atoms with van der Waals surface area (Å²) in [5, 5.41) is 19.7. The number of rotatable bonds is 6. The second kappa shape index (κ2) is 5.84. The third kappa shape index (κ3) is 5.51. The Bertz CT molecular complexity index is 244. The predicted octanol–water partition coefficient (Wildman–Crippen LogP) is 1.00. The number of carboxylic acids is 2. The van der Waals surface area contributed by atoms with Gasteiger partial charge < -0.3 is 10.2 Å². The monoisotopic (exact) mass is 187 g/mol. The molecule has 2 N–H and O–H groups in total. The van der Waals surface area contributed by atoms with Gasteiger partial charge in [0, 0.05) is 11.3 Å². The van der Waals surface area contributed by atoms with Crippen LogP contribution in [0.25, 0.3) is 10.4 Å². The van der Waals surface area contributed by atoms with Gasteiger partial charge in [-0.1, -0.05) is 5.11 Å². The zero-order valence-electron chi connectivity index (χ0n) is 6.75. The molecule has 0 aliphatic heterocycles. The highest BCUT2D eigenvalue weighted by Crippen LogP contribution is 2.05. The normalized spacial score (nSPS) is 11.4. The zero-order chi connectivity index (χ0) is 10.3. The van der Waals surface area contributed by atoms with Crippen LogP contribution in [0, 0.1) is 0 Å². The molecule has 0 aromatic heterocycles. The van der Waals surface area contributed by atoms with Crippen LogP contribution in [0.5, 0.6) is 0 Å². The minimum atomic E-state index is -1.23. The van der Waals surface area contributed by atoms with Crippen molar-refractivity contribution < 1.29 is 19.8 Å². The first-order valence-electron chi connectivity index (χ1n) is 3.56. The number of azide groups is 1. The van der Waals surface area contributed by atoms with Gasteiger partial charge in [-0.2, -0.15) is 0 Å². The van der Waals surface area contributed by atoms with Crippen molar-refractivity contribution in [2.45, 2.75) is 25.3 Å². The summed E-state index contributed by atoms with van der Waals surface area (Å²) in [5.74, 6) is -2.23. The second-order valence-electron chi connectivity index (χ2n) is 2.34. The van der Waals surface area contributed by atoms with Gasteiger partial charge in [0.2, 0.25) is 0 Å². The van der Waals surface area contributed by atoms with Gasteiger partial charge in [-0.25, -0.2) is 0 Å². The van der Waals surface area contributed by atoms with Crippen molar-refractivity contribution in [3.63, 3.8) is 0 Å². The average molecular weight is 187 g/mol. The Morgan fingerprint density at radius 1 is 1.46 bits per heavy atom. The first-order chi connectivity index (χ1) is 6.07. The molecule has 0 rings (SSSR count). The van der Waals surface area contributed by atoms with Gasteiger partial charge >= 0.3 is 11.9 Å². The predicted molar refractivity (Wildman–Crippen MR) is 42.1 cm³/mol. The number of nitrogens with zero attached hydrogens (tertiary/aromatic N) is 3. The highest BCUT2D eigenvalue weighted by Gasteiger charge is 2.14. The number of carboxylic acid groups (broad SMARTS) is 2. The molecule has 0 saturated heterocycles. The maximum absolute atomic E-state index is 10.4. The lowest BCUT2D eigenvalue weighted by Crippen LogP contribution is -2.17. The first-order valence-corrected chi connectivity index (χ1v) is 3.56. The summed E-state index contributed by atoms with van der Waals surface area (Å²) < 4.78 is 0. The largest absolute Gasteiger partial charge is 0.481 e. The summed E-state index contributed by atoms with van der Waals surface area (Å²) >= 11 is 0. The molecule has 0 spiro atoms. The van der Waals surface area contributed by atoms with Crippen LogP contribution in [-0.2, 0) is 9.59 Å². The van der Waals surface area contributed by atoms with E-state index in [0.29, 0.717) is 0 Å². The minimum Gasteiger partial charge on any atom is -0.481 e. The molecule has 0 aliphatic carbocycles. The molecule has 0 bridgehead atoms. The standard InChI is InChI=1S/C6H9N3O4/c7-9-8-4(6(12)13)2-1-3-5(10)11/h4H,1-3H2,(H,10,11)(H,12,13). The Kier molecular flexibility index (Phi) is 5.06. The van der Waals surface area contributed by atoms with E-state index < -0.39 is 18.0 Å². The number of aliphatic carboxylic acids is 2. The summed E-state index contributed by atoms with van der Waals surface area (Å²) in [7, 11) is 0. The van der Waals surface area contributed by atoms with Gasteiger partial charge in [0.1, 0.15) is 6.04 Å². The lowest BCUT2D eigenvalue weighted by Gasteiger charge is -2.02. The van der Waals surface area contributed by atoms with Crippen molar-refractivity contribution in [2.75, 3.05) is 0 Å². The number of hydrogen-bond donors (Lipinski definition) is 2. The van der Waals surface area contributed by atoms with Crippen LogP contribution in [0.2, 0.25) is 0 Å². The number of carbonyl (C=O) groups is 2. The molecule has 0 radical (unpaired) electrons. The van der Waals surface area contributed by atoms with Crippen LogP contribution >= 0.6 is 0 Å². The first kappa shape index (κ1) is 11.2. The van der Waals surface area contributed by atoms with Crippen LogP contribution in [-0.4, -0.2) is 28.2 Å². The van der Waals surface area contributed by atoms with Gasteiger partial charge in [-0.05, 0) is 18.4 Å². The van der Waals surface area contributed by atoms with Crippen molar-refractivity contribution in [3.05, 3.63) is 10.4 Å². The molecule has 7 nitrogen and oxygen atoms in total. The number of hydrogen-bond acceptors (Lipinski definition) is 3. The summed E-state index contributed by atoms with van der Waals surface area (Å²) in [5.41, 5.74) is 7.97. The van der Waals surface area contributed by atoms with Crippen molar-refractivity contribution in [2.24, 2.45) is 5.11 Å². The fraction of sp³-hybridized carbons (Fsp3) is 0.667.